The maximum Gasteiger partial charge on any atom is 0.191 e. The lowest BCUT2D eigenvalue weighted by Crippen LogP contribution is -2.40. The zero-order chi connectivity index (χ0) is 18.9. The molecule has 1 atom stereocenters. The molecule has 1 aromatic carbocycles. The van der Waals surface area contributed by atoms with Crippen LogP contribution in [0, 0.1) is 0 Å². The van der Waals surface area contributed by atoms with Crippen LogP contribution in [0.25, 0.3) is 0 Å². The largest absolute Gasteiger partial charge is 0.396 e. The average molecular weight is 498 g/mol. The van der Waals surface area contributed by atoms with E-state index in [4.69, 9.17) is 0 Å². The summed E-state index contributed by atoms with van der Waals surface area (Å²) in [4.78, 5) is 4.28. The second-order valence-electron chi connectivity index (χ2n) is 6.91. The van der Waals surface area contributed by atoms with Gasteiger partial charge >= 0.3 is 0 Å². The Morgan fingerprint density at radius 2 is 2.00 bits per heavy atom. The summed E-state index contributed by atoms with van der Waals surface area (Å²) in [6.45, 7) is 2.49. The number of aliphatic hydroxyl groups excluding tert-OH is 1. The molecular formula is C20H31IN6O. The lowest BCUT2D eigenvalue weighted by molar-refractivity contribution is 0.265. The van der Waals surface area contributed by atoms with Crippen molar-refractivity contribution in [2.45, 2.75) is 44.6 Å². The number of fused-ring (bicyclic) bond motifs is 1. The number of nitrogens with zero attached hydrogens (tertiary/aromatic N) is 4. The van der Waals surface area contributed by atoms with Crippen LogP contribution in [0.4, 0.5) is 0 Å². The van der Waals surface area contributed by atoms with Gasteiger partial charge in [0.05, 0.1) is 6.61 Å². The predicted octanol–water partition coefficient (Wildman–Crippen LogP) is 2.11. The molecule has 2 heterocycles. The van der Waals surface area contributed by atoms with Crippen molar-refractivity contribution in [2.75, 3.05) is 26.7 Å². The standard InChI is InChI=1S/C20H30N6O.HI/c1-21-20(23-14-17(15-27)16-8-4-2-5-9-16)22-12-11-19-25-24-18-10-6-3-7-13-26(18)19;/h2,4-5,8-9,17,27H,3,6-7,10-15H2,1H3,(H2,21,22,23);1H. The summed E-state index contributed by atoms with van der Waals surface area (Å²) in [5.74, 6) is 2.95. The van der Waals surface area contributed by atoms with Crippen LogP contribution in [0.2, 0.25) is 0 Å². The van der Waals surface area contributed by atoms with Gasteiger partial charge in [0.1, 0.15) is 11.6 Å². The molecule has 2 aromatic rings. The minimum absolute atomic E-state index is 0. The zero-order valence-corrected chi connectivity index (χ0v) is 18.8. The van der Waals surface area contributed by atoms with Gasteiger partial charge in [-0.25, -0.2) is 0 Å². The molecule has 1 aliphatic heterocycles. The van der Waals surface area contributed by atoms with Crippen molar-refractivity contribution < 1.29 is 5.11 Å². The fraction of sp³-hybridized carbons (Fsp3) is 0.550. The fourth-order valence-corrected chi connectivity index (χ4v) is 3.48. The number of aromatic nitrogens is 3. The van der Waals surface area contributed by atoms with E-state index >= 15 is 0 Å². The van der Waals surface area contributed by atoms with E-state index in [1.165, 1.54) is 19.3 Å². The van der Waals surface area contributed by atoms with Gasteiger partial charge < -0.3 is 20.3 Å². The van der Waals surface area contributed by atoms with Crippen LogP contribution in [0.5, 0.6) is 0 Å². The van der Waals surface area contributed by atoms with Gasteiger partial charge in [-0.15, -0.1) is 34.2 Å². The lowest BCUT2D eigenvalue weighted by Gasteiger charge is -2.18. The van der Waals surface area contributed by atoms with Gasteiger partial charge in [-0.2, -0.15) is 0 Å². The van der Waals surface area contributed by atoms with Crippen molar-refractivity contribution in [1.29, 1.82) is 0 Å². The van der Waals surface area contributed by atoms with Gasteiger partial charge in [-0.1, -0.05) is 36.8 Å². The molecule has 0 bridgehead atoms. The van der Waals surface area contributed by atoms with Gasteiger partial charge in [-0.3, -0.25) is 4.99 Å². The van der Waals surface area contributed by atoms with Crippen molar-refractivity contribution >= 4 is 29.9 Å². The molecule has 0 aliphatic carbocycles. The predicted molar refractivity (Wildman–Crippen MR) is 122 cm³/mol. The summed E-state index contributed by atoms with van der Waals surface area (Å²) in [5.41, 5.74) is 1.12. The minimum atomic E-state index is 0. The SMILES string of the molecule is CN=C(NCCc1nnc2n1CCCCC2)NCC(CO)c1ccccc1.I. The number of rotatable bonds is 7. The Labute approximate surface area is 184 Å². The smallest absolute Gasteiger partial charge is 0.191 e. The highest BCUT2D eigenvalue weighted by molar-refractivity contribution is 14.0. The summed E-state index contributed by atoms with van der Waals surface area (Å²) in [6, 6.07) is 10.0. The Kier molecular flexibility index (Phi) is 9.69. The molecule has 0 saturated heterocycles. The summed E-state index contributed by atoms with van der Waals surface area (Å²) in [6.07, 6.45) is 5.53. The molecule has 28 heavy (non-hydrogen) atoms. The van der Waals surface area contributed by atoms with E-state index in [0.717, 1.165) is 49.1 Å². The van der Waals surface area contributed by atoms with Crippen LogP contribution in [-0.4, -0.2) is 52.6 Å². The van der Waals surface area contributed by atoms with Crippen molar-refractivity contribution in [2.24, 2.45) is 4.99 Å². The summed E-state index contributed by atoms with van der Waals surface area (Å²) >= 11 is 0. The second kappa shape index (κ2) is 12.0. The van der Waals surface area contributed by atoms with Crippen LogP contribution in [0.1, 0.15) is 42.4 Å². The first-order valence-corrected chi connectivity index (χ1v) is 9.83. The molecule has 8 heteroatoms. The van der Waals surface area contributed by atoms with Crippen molar-refractivity contribution in [3.05, 3.63) is 47.5 Å². The second-order valence-corrected chi connectivity index (χ2v) is 6.91. The Hall–Kier alpha value is -1.68. The first-order chi connectivity index (χ1) is 13.3. The number of aryl methyl sites for hydroxylation is 1. The molecule has 3 rings (SSSR count). The number of hydrogen-bond donors (Lipinski definition) is 3. The lowest BCUT2D eigenvalue weighted by atomic mass is 10.0. The number of aliphatic hydroxyl groups is 1. The van der Waals surface area contributed by atoms with Crippen molar-refractivity contribution in [3.63, 3.8) is 0 Å². The molecule has 1 unspecified atom stereocenters. The quantitative estimate of drug-likeness (QED) is 0.309. The monoisotopic (exact) mass is 498 g/mol. The normalized spacial score (nSPS) is 15.1. The van der Waals surface area contributed by atoms with Gasteiger partial charge in [0, 0.05) is 45.4 Å². The Morgan fingerprint density at radius 3 is 2.75 bits per heavy atom. The molecule has 1 aromatic heterocycles. The number of hydrogen-bond acceptors (Lipinski definition) is 4. The number of halogens is 1. The van der Waals surface area contributed by atoms with E-state index in [-0.39, 0.29) is 36.5 Å². The molecule has 3 N–H and O–H groups in total. The Morgan fingerprint density at radius 1 is 1.18 bits per heavy atom. The Bertz CT molecular complexity index is 734. The first kappa shape index (κ1) is 22.6. The molecule has 1 aliphatic rings. The van der Waals surface area contributed by atoms with Gasteiger partial charge in [0.2, 0.25) is 0 Å². The summed E-state index contributed by atoms with van der Waals surface area (Å²) in [7, 11) is 1.76. The zero-order valence-electron chi connectivity index (χ0n) is 16.5. The van der Waals surface area contributed by atoms with E-state index in [1.807, 2.05) is 30.3 Å². The van der Waals surface area contributed by atoms with Gasteiger partial charge in [0.25, 0.3) is 0 Å². The molecular weight excluding hydrogens is 467 g/mol. The number of guanidine groups is 1. The van der Waals surface area contributed by atoms with E-state index in [9.17, 15) is 5.11 Å². The molecule has 0 spiro atoms. The van der Waals surface area contributed by atoms with Crippen molar-refractivity contribution in [1.82, 2.24) is 25.4 Å². The number of aliphatic imine (C=N–C) groups is 1. The minimum Gasteiger partial charge on any atom is -0.396 e. The third-order valence-corrected chi connectivity index (χ3v) is 5.06. The first-order valence-electron chi connectivity index (χ1n) is 9.83. The van der Waals surface area contributed by atoms with E-state index in [0.29, 0.717) is 6.54 Å². The third kappa shape index (κ3) is 6.16. The number of benzene rings is 1. The molecule has 0 amide bonds. The molecule has 0 saturated carbocycles. The van der Waals surface area contributed by atoms with Crippen LogP contribution in [0.15, 0.2) is 35.3 Å². The molecule has 7 nitrogen and oxygen atoms in total. The fourth-order valence-electron chi connectivity index (χ4n) is 3.48. The highest BCUT2D eigenvalue weighted by Crippen LogP contribution is 2.15. The van der Waals surface area contributed by atoms with Crippen molar-refractivity contribution in [3.8, 4) is 0 Å². The molecule has 0 radical (unpaired) electrons. The van der Waals surface area contributed by atoms with E-state index < -0.39 is 0 Å². The highest BCUT2D eigenvalue weighted by Gasteiger charge is 2.15. The average Bonchev–Trinajstić information content (AvgIpc) is 2.94. The van der Waals surface area contributed by atoms with Crippen LogP contribution in [0.3, 0.4) is 0 Å². The van der Waals surface area contributed by atoms with E-state index in [2.05, 4.69) is 30.4 Å². The van der Waals surface area contributed by atoms with E-state index in [1.54, 1.807) is 7.05 Å². The maximum atomic E-state index is 9.68. The highest BCUT2D eigenvalue weighted by atomic mass is 127. The Balaban J connectivity index is 0.00000280. The third-order valence-electron chi connectivity index (χ3n) is 5.06. The van der Waals surface area contributed by atoms with Crippen LogP contribution >= 0.6 is 24.0 Å². The number of nitrogens with one attached hydrogen (secondary N) is 2. The molecule has 0 fully saturated rings. The maximum absolute atomic E-state index is 9.68. The van der Waals surface area contributed by atoms with Gasteiger partial charge in [0.15, 0.2) is 5.96 Å². The summed E-state index contributed by atoms with van der Waals surface area (Å²) in [5, 5.41) is 25.0. The van der Waals surface area contributed by atoms with Crippen LogP contribution in [-0.2, 0) is 19.4 Å². The van der Waals surface area contributed by atoms with Gasteiger partial charge in [-0.05, 0) is 18.4 Å². The topological polar surface area (TPSA) is 87.4 Å². The van der Waals surface area contributed by atoms with Crippen LogP contribution < -0.4 is 10.6 Å². The summed E-state index contributed by atoms with van der Waals surface area (Å²) < 4.78 is 2.28. The molecule has 154 valence electrons.